The Hall–Kier alpha value is -4.29. The normalized spacial score (nSPS) is 14.8. The number of rotatable bonds is 4. The van der Waals surface area contributed by atoms with Crippen molar-refractivity contribution >= 4 is 22.9 Å². The second-order valence-electron chi connectivity index (χ2n) is 8.77. The van der Waals surface area contributed by atoms with E-state index >= 15 is 0 Å². The van der Waals surface area contributed by atoms with Crippen molar-refractivity contribution in [1.29, 1.82) is 0 Å². The van der Waals surface area contributed by atoms with Crippen molar-refractivity contribution < 1.29 is 22.4 Å². The van der Waals surface area contributed by atoms with Crippen molar-refractivity contribution in [1.82, 2.24) is 29.9 Å². The Kier molecular flexibility index (Phi) is 6.36. The molecule has 0 spiro atoms. The molecule has 4 aromatic rings. The van der Waals surface area contributed by atoms with Gasteiger partial charge in [-0.1, -0.05) is 17.3 Å². The minimum Gasteiger partial charge on any atom is -0.324 e. The van der Waals surface area contributed by atoms with Crippen LogP contribution in [0.25, 0.3) is 11.2 Å². The van der Waals surface area contributed by atoms with Crippen molar-refractivity contribution in [3.05, 3.63) is 81.7 Å². The quantitative estimate of drug-likeness (QED) is 0.398. The van der Waals surface area contributed by atoms with Crippen molar-refractivity contribution in [2.24, 2.45) is 0 Å². The van der Waals surface area contributed by atoms with E-state index in [-0.39, 0.29) is 35.1 Å². The number of benzene rings is 2. The third-order valence-corrected chi connectivity index (χ3v) is 6.25. The summed E-state index contributed by atoms with van der Waals surface area (Å²) in [4.78, 5) is 34.1. The number of aromatic nitrogens is 5. The van der Waals surface area contributed by atoms with E-state index in [9.17, 15) is 27.2 Å². The molecule has 0 aliphatic carbocycles. The summed E-state index contributed by atoms with van der Waals surface area (Å²) < 4.78 is 53.2. The second kappa shape index (κ2) is 9.64. The number of fused-ring (bicyclic) bond motifs is 1. The maximum atomic E-state index is 13.6. The number of carbonyl (C=O) groups is 1. The van der Waals surface area contributed by atoms with Crippen LogP contribution in [0.3, 0.4) is 0 Å². The molecule has 5 rings (SSSR count). The molecule has 0 atom stereocenters. The minimum atomic E-state index is -4.45. The molecule has 0 unspecified atom stereocenters. The van der Waals surface area contributed by atoms with Crippen LogP contribution >= 0.6 is 0 Å². The van der Waals surface area contributed by atoms with E-state index in [0.29, 0.717) is 37.3 Å². The first kappa shape index (κ1) is 24.4. The number of aromatic amines is 1. The highest BCUT2D eigenvalue weighted by Gasteiger charge is 2.30. The Bertz CT molecular complexity index is 1490. The zero-order valence-corrected chi connectivity index (χ0v) is 19.3. The lowest BCUT2D eigenvalue weighted by Gasteiger charge is -2.31. The molecular formula is C24H21F4N7O2. The van der Waals surface area contributed by atoms with Gasteiger partial charge in [0.25, 0.3) is 5.56 Å². The van der Waals surface area contributed by atoms with Gasteiger partial charge in [-0.2, -0.15) is 13.2 Å². The monoisotopic (exact) mass is 515 g/mol. The van der Waals surface area contributed by atoms with E-state index in [1.54, 1.807) is 17.0 Å². The number of nitrogens with one attached hydrogen (secondary N) is 2. The third-order valence-electron chi connectivity index (χ3n) is 6.25. The highest BCUT2D eigenvalue weighted by molar-refractivity contribution is 5.89. The topological polar surface area (TPSA) is 109 Å². The van der Waals surface area contributed by atoms with Gasteiger partial charge in [0.1, 0.15) is 11.6 Å². The van der Waals surface area contributed by atoms with Crippen LogP contribution in [-0.2, 0) is 12.7 Å². The Morgan fingerprint density at radius 2 is 1.84 bits per heavy atom. The number of piperidine rings is 1. The molecule has 13 heteroatoms. The summed E-state index contributed by atoms with van der Waals surface area (Å²) >= 11 is 0. The predicted molar refractivity (Wildman–Crippen MR) is 125 cm³/mol. The molecule has 0 radical (unpaired) electrons. The summed E-state index contributed by atoms with van der Waals surface area (Å²) in [6.45, 7) is 0.909. The molecule has 0 bridgehead atoms. The van der Waals surface area contributed by atoms with E-state index in [1.807, 2.05) is 0 Å². The van der Waals surface area contributed by atoms with Crippen LogP contribution in [0, 0.1) is 5.82 Å². The highest BCUT2D eigenvalue weighted by Crippen LogP contribution is 2.30. The first-order valence-corrected chi connectivity index (χ1v) is 11.5. The number of hydrogen-bond acceptors (Lipinski definition) is 5. The van der Waals surface area contributed by atoms with Gasteiger partial charge in [-0.05, 0) is 54.8 Å². The summed E-state index contributed by atoms with van der Waals surface area (Å²) in [5.74, 6) is -0.0737. The summed E-state index contributed by atoms with van der Waals surface area (Å²) in [6, 6.07) is 9.83. The van der Waals surface area contributed by atoms with E-state index in [1.165, 1.54) is 28.9 Å². The number of nitrogens with zero attached hydrogens (tertiary/aromatic N) is 5. The molecule has 3 heterocycles. The second-order valence-corrected chi connectivity index (χ2v) is 8.77. The Morgan fingerprint density at radius 1 is 1.11 bits per heavy atom. The molecule has 192 valence electrons. The van der Waals surface area contributed by atoms with Crippen LogP contribution in [0.5, 0.6) is 0 Å². The van der Waals surface area contributed by atoms with Gasteiger partial charge >= 0.3 is 12.2 Å². The number of alkyl halides is 3. The number of likely N-dealkylation sites (tertiary alicyclic amines) is 1. The Balaban J connectivity index is 1.25. The molecule has 1 aliphatic rings. The van der Waals surface area contributed by atoms with Crippen LogP contribution < -0.4 is 10.9 Å². The molecular weight excluding hydrogens is 494 g/mol. The number of H-pyrrole nitrogens is 1. The van der Waals surface area contributed by atoms with Crippen molar-refractivity contribution in [2.75, 3.05) is 18.4 Å². The van der Waals surface area contributed by atoms with Crippen molar-refractivity contribution in [3.63, 3.8) is 0 Å². The molecule has 2 aromatic carbocycles. The van der Waals surface area contributed by atoms with Gasteiger partial charge in [-0.3, -0.25) is 4.79 Å². The molecule has 2 aromatic heterocycles. The predicted octanol–water partition coefficient (Wildman–Crippen LogP) is 4.13. The van der Waals surface area contributed by atoms with Gasteiger partial charge in [0.15, 0.2) is 11.2 Å². The smallest absolute Gasteiger partial charge is 0.324 e. The number of urea groups is 1. The fourth-order valence-corrected chi connectivity index (χ4v) is 4.29. The molecule has 9 nitrogen and oxygen atoms in total. The SMILES string of the molecule is O=C(Nc1ccc(C(F)(F)F)cc1)N1CCC(c2nc3c(nnn3Cc3cccc(F)c3)c(=O)[nH]2)CC1. The lowest BCUT2D eigenvalue weighted by atomic mass is 9.96. The van der Waals surface area contributed by atoms with E-state index in [2.05, 4.69) is 25.6 Å². The van der Waals surface area contributed by atoms with E-state index < -0.39 is 23.3 Å². The zero-order valence-electron chi connectivity index (χ0n) is 19.3. The van der Waals surface area contributed by atoms with Gasteiger partial charge < -0.3 is 15.2 Å². The third kappa shape index (κ3) is 5.29. The van der Waals surface area contributed by atoms with Crippen LogP contribution in [0.2, 0.25) is 0 Å². The molecule has 2 N–H and O–H groups in total. The van der Waals surface area contributed by atoms with Gasteiger partial charge in [-0.15, -0.1) is 5.10 Å². The minimum absolute atomic E-state index is 0.0773. The fraction of sp³-hybridized carbons (Fsp3) is 0.292. The Morgan fingerprint density at radius 3 is 2.51 bits per heavy atom. The van der Waals surface area contributed by atoms with Crippen LogP contribution in [-0.4, -0.2) is 49.0 Å². The summed E-state index contributed by atoms with van der Waals surface area (Å²) in [5.41, 5.74) is 0.0302. The maximum absolute atomic E-state index is 13.6. The van der Waals surface area contributed by atoms with Crippen LogP contribution in [0.1, 0.15) is 35.7 Å². The van der Waals surface area contributed by atoms with Crippen LogP contribution in [0.15, 0.2) is 53.3 Å². The fourth-order valence-electron chi connectivity index (χ4n) is 4.29. The summed E-state index contributed by atoms with van der Waals surface area (Å²) in [5, 5.41) is 10.5. The molecule has 2 amide bonds. The van der Waals surface area contributed by atoms with Gasteiger partial charge in [0.05, 0.1) is 12.1 Å². The van der Waals surface area contributed by atoms with Crippen molar-refractivity contribution in [2.45, 2.75) is 31.5 Å². The summed E-state index contributed by atoms with van der Waals surface area (Å²) in [7, 11) is 0. The first-order valence-electron chi connectivity index (χ1n) is 11.5. The standard InChI is InChI=1S/C24H21F4N7O2/c25-17-3-1-2-14(12-17)13-35-21-19(32-33-35)22(36)31-20(30-21)15-8-10-34(11-9-15)23(37)29-18-6-4-16(5-7-18)24(26,27)28/h1-7,12,15H,8-11,13H2,(H,29,37)(H,30,31,36). The molecule has 1 aliphatic heterocycles. The molecule has 1 saturated heterocycles. The molecule has 37 heavy (non-hydrogen) atoms. The lowest BCUT2D eigenvalue weighted by Crippen LogP contribution is -2.41. The number of halogens is 4. The molecule has 0 saturated carbocycles. The van der Waals surface area contributed by atoms with E-state index in [4.69, 9.17) is 0 Å². The van der Waals surface area contributed by atoms with E-state index in [0.717, 1.165) is 12.1 Å². The van der Waals surface area contributed by atoms with Gasteiger partial charge in [-0.25, -0.2) is 18.9 Å². The maximum Gasteiger partial charge on any atom is 0.416 e. The average molecular weight is 515 g/mol. The lowest BCUT2D eigenvalue weighted by molar-refractivity contribution is -0.137. The molecule has 1 fully saturated rings. The average Bonchev–Trinajstić information content (AvgIpc) is 3.27. The number of carbonyl (C=O) groups excluding carboxylic acids is 1. The van der Waals surface area contributed by atoms with Crippen LogP contribution in [0.4, 0.5) is 28.0 Å². The number of amides is 2. The number of hydrogen-bond donors (Lipinski definition) is 2. The number of anilines is 1. The summed E-state index contributed by atoms with van der Waals surface area (Å²) in [6.07, 6.45) is -3.42. The van der Waals surface area contributed by atoms with Gasteiger partial charge in [0.2, 0.25) is 0 Å². The largest absolute Gasteiger partial charge is 0.416 e. The van der Waals surface area contributed by atoms with Crippen molar-refractivity contribution in [3.8, 4) is 0 Å². The van der Waals surface area contributed by atoms with Gasteiger partial charge in [0, 0.05) is 24.7 Å². The first-order chi connectivity index (χ1) is 17.7. The zero-order chi connectivity index (χ0) is 26.2. The highest BCUT2D eigenvalue weighted by atomic mass is 19.4. The Labute approximate surface area is 207 Å².